The van der Waals surface area contributed by atoms with Crippen LogP contribution >= 0.6 is 0 Å². The van der Waals surface area contributed by atoms with Crippen molar-refractivity contribution < 1.29 is 14.2 Å². The lowest BCUT2D eigenvalue weighted by molar-refractivity contribution is 0.487. The van der Waals surface area contributed by atoms with Crippen LogP contribution in [0.3, 0.4) is 0 Å². The molecule has 3 aliphatic heterocycles. The summed E-state index contributed by atoms with van der Waals surface area (Å²) in [5.41, 5.74) is 29.0. The fourth-order valence-electron chi connectivity index (χ4n) is 18.9. The number of ether oxygens (including phenoxy) is 3. The maximum absolute atomic E-state index is 9.19. The van der Waals surface area contributed by atoms with Gasteiger partial charge in [-0.05, 0) is 239 Å². The monoisotopic (exact) mass is 1660 g/mol. The van der Waals surface area contributed by atoms with Crippen molar-refractivity contribution in [2.75, 3.05) is 14.7 Å². The molecule has 130 heavy (non-hydrogen) atoms. The zero-order valence-electron chi connectivity index (χ0n) is 70.7. The number of nitrogens with zero attached hydrogens (tertiary/aromatic N) is 4. The van der Waals surface area contributed by atoms with Crippen LogP contribution in [0.1, 0.15) is 5.56 Å². The van der Waals surface area contributed by atoms with Gasteiger partial charge in [-0.15, -0.1) is 0 Å². The summed E-state index contributed by atoms with van der Waals surface area (Å²) in [5, 5.41) is 21.1. The van der Waals surface area contributed by atoms with Gasteiger partial charge in [0.05, 0.1) is 23.0 Å². The first-order valence-corrected chi connectivity index (χ1v) is 43.9. The van der Waals surface area contributed by atoms with Gasteiger partial charge in [0.15, 0.2) is 0 Å². The smallest absolute Gasteiger partial charge is 0.137 e. The van der Waals surface area contributed by atoms with Gasteiger partial charge in [-0.1, -0.05) is 334 Å². The Bertz CT molecular complexity index is 8080. The Hall–Kier alpha value is -17.6. The van der Waals surface area contributed by atoms with E-state index in [1.807, 2.05) is 42.5 Å². The largest absolute Gasteiger partial charge is 0.456 e. The Kier molecular flexibility index (Phi) is 19.9. The fraction of sp³-hybridized carbons (Fsp3) is 0. The van der Waals surface area contributed by atoms with E-state index in [9.17, 15) is 5.26 Å². The molecule has 0 aliphatic carbocycles. The first-order chi connectivity index (χ1) is 64.4. The van der Waals surface area contributed by atoms with Crippen LogP contribution in [0, 0.1) is 11.3 Å². The second kappa shape index (κ2) is 33.5. The highest BCUT2D eigenvalue weighted by molar-refractivity contribution is 6.09. The standard InChI is InChI=1S/C44H29NO.C41H26N2O.C38H25NO/c1-2-9-30(10-3-1)31-19-24-36(25-20-31)45(41-17-7-12-33-11-4-5-15-38(33)41)37-26-21-32(22-27-37)35-23-28-39-40-16-6-13-34-14-8-18-42(44(34)40)46-43(39)29-35;42-27-28-12-14-30(15-13-28)32-18-22-35(23-19-32)43(34-20-16-31(17-21-34)29-6-2-1-3-7-29)36-24-25-37-38-10-4-8-33-9-5-11-39(41(33)38)44-40(37)26-36;1-2-9-26(10-3-1)27-19-21-30(22-20-27)39(35-17-7-12-28-11-4-5-15-32(28)35)31-23-24-33-34-16-6-13-29-14-8-18-36(38(29)34)40-37(33)25-31/h1-29H;1-26H;1-25H. The lowest BCUT2D eigenvalue weighted by atomic mass is 9.93. The van der Waals surface area contributed by atoms with Gasteiger partial charge in [0.25, 0.3) is 0 Å². The Labute approximate surface area is 754 Å². The lowest BCUT2D eigenvalue weighted by Crippen LogP contribution is -2.11. The van der Waals surface area contributed by atoms with Crippen molar-refractivity contribution in [3.8, 4) is 130 Å². The molecule has 22 aromatic rings. The molecule has 0 saturated heterocycles. The zero-order chi connectivity index (χ0) is 86.4. The Morgan fingerprint density at radius 1 is 0.169 bits per heavy atom. The van der Waals surface area contributed by atoms with E-state index in [-0.39, 0.29) is 0 Å². The van der Waals surface area contributed by atoms with Crippen molar-refractivity contribution in [1.29, 1.82) is 5.26 Å². The lowest BCUT2D eigenvalue weighted by Gasteiger charge is -2.29. The molecular formula is C123H80N4O3. The van der Waals surface area contributed by atoms with E-state index in [4.69, 9.17) is 14.2 Å². The van der Waals surface area contributed by atoms with Crippen molar-refractivity contribution in [3.63, 3.8) is 0 Å². The summed E-state index contributed by atoms with van der Waals surface area (Å²) in [6.45, 7) is 0. The molecule has 7 heteroatoms. The minimum absolute atomic E-state index is 0.656. The molecule has 0 N–H and O–H groups in total. The SMILES string of the molecule is N#Cc1ccc(-c2ccc(N(c3ccc(-c4ccccc4)cc3)c3ccc4c(c3)Oc3cccc5cccc-4c35)cc2)cc1.c1ccc(-c2ccc(N(c3ccc(-c4ccc5c(c4)Oc4cccc6cccc-5c46)cc3)c3cccc4ccccc34)cc2)cc1.c1ccc(-c2ccc(N(c3ccc4c(c3)Oc3cccc5cccc-4c35)c3cccc4ccccc34)cc2)cc1. The van der Waals surface area contributed by atoms with Crippen LogP contribution in [0.25, 0.3) is 143 Å². The van der Waals surface area contributed by atoms with Crippen molar-refractivity contribution in [1.82, 2.24) is 0 Å². The second-order valence-electron chi connectivity index (χ2n) is 32.9. The summed E-state index contributed by atoms with van der Waals surface area (Å²) < 4.78 is 19.5. The molecule has 0 amide bonds. The summed E-state index contributed by atoms with van der Waals surface area (Å²) >= 11 is 0. The predicted molar refractivity (Wildman–Crippen MR) is 539 cm³/mol. The number of hydrogen-bond acceptors (Lipinski definition) is 7. The van der Waals surface area contributed by atoms with Crippen molar-refractivity contribution >= 4 is 105 Å². The van der Waals surface area contributed by atoms with Gasteiger partial charge < -0.3 is 28.9 Å². The van der Waals surface area contributed by atoms with E-state index in [0.717, 1.165) is 130 Å². The van der Waals surface area contributed by atoms with Crippen LogP contribution in [-0.4, -0.2) is 0 Å². The summed E-state index contributed by atoms with van der Waals surface area (Å²) in [4.78, 5) is 6.96. The van der Waals surface area contributed by atoms with Crippen LogP contribution < -0.4 is 28.9 Å². The Morgan fingerprint density at radius 3 is 0.792 bits per heavy atom. The van der Waals surface area contributed by atoms with Gasteiger partial charge in [-0.3, -0.25) is 0 Å². The van der Waals surface area contributed by atoms with Crippen LogP contribution in [0.15, 0.2) is 485 Å². The van der Waals surface area contributed by atoms with Crippen molar-refractivity contribution in [3.05, 3.63) is 491 Å². The quantitative estimate of drug-likeness (QED) is 0.107. The van der Waals surface area contributed by atoms with E-state index >= 15 is 0 Å². The minimum atomic E-state index is 0.656. The van der Waals surface area contributed by atoms with Gasteiger partial charge in [0.2, 0.25) is 0 Å². The topological polar surface area (TPSA) is 61.2 Å². The predicted octanol–water partition coefficient (Wildman–Crippen LogP) is 34.8. The van der Waals surface area contributed by atoms with E-state index in [2.05, 4.69) is 464 Å². The molecule has 0 bridgehead atoms. The molecule has 0 saturated carbocycles. The number of nitriles is 1. The third-order valence-electron chi connectivity index (χ3n) is 25.2. The normalized spacial score (nSPS) is 11.6. The maximum Gasteiger partial charge on any atom is 0.137 e. The minimum Gasteiger partial charge on any atom is -0.456 e. The van der Waals surface area contributed by atoms with Crippen LogP contribution in [0.5, 0.6) is 34.5 Å². The molecule has 3 aliphatic rings. The summed E-state index contributed by atoms with van der Waals surface area (Å²) in [7, 11) is 0. The van der Waals surface area contributed by atoms with Gasteiger partial charge in [0.1, 0.15) is 34.5 Å². The summed E-state index contributed by atoms with van der Waals surface area (Å²) in [6, 6.07) is 173. The third-order valence-corrected chi connectivity index (χ3v) is 25.2. The third kappa shape index (κ3) is 14.6. The summed E-state index contributed by atoms with van der Waals surface area (Å²) in [6.07, 6.45) is 0. The van der Waals surface area contributed by atoms with Crippen molar-refractivity contribution in [2.24, 2.45) is 0 Å². The molecule has 0 atom stereocenters. The van der Waals surface area contributed by atoms with Gasteiger partial charge in [-0.25, -0.2) is 0 Å². The molecule has 25 rings (SSSR count). The molecule has 610 valence electrons. The zero-order valence-corrected chi connectivity index (χ0v) is 70.7. The average molecular weight is 1660 g/mol. The number of anilines is 9. The van der Waals surface area contributed by atoms with Crippen molar-refractivity contribution in [2.45, 2.75) is 0 Å². The molecule has 0 spiro atoms. The molecule has 0 radical (unpaired) electrons. The van der Waals surface area contributed by atoms with E-state index in [1.54, 1.807) is 0 Å². The van der Waals surface area contributed by atoms with Crippen LogP contribution in [-0.2, 0) is 0 Å². The highest BCUT2D eigenvalue weighted by Crippen LogP contribution is 2.54. The maximum atomic E-state index is 9.19. The number of rotatable bonds is 14. The van der Waals surface area contributed by atoms with Crippen LogP contribution in [0.2, 0.25) is 0 Å². The Balaban J connectivity index is 0.000000111. The molecular weight excluding hydrogens is 1580 g/mol. The van der Waals surface area contributed by atoms with Gasteiger partial charge in [0, 0.05) is 95.6 Å². The van der Waals surface area contributed by atoms with Gasteiger partial charge >= 0.3 is 0 Å². The fourth-order valence-corrected chi connectivity index (χ4v) is 18.9. The highest BCUT2D eigenvalue weighted by Gasteiger charge is 2.28. The molecule has 22 aromatic carbocycles. The molecule has 0 fully saturated rings. The molecule has 0 aromatic heterocycles. The highest BCUT2D eigenvalue weighted by atomic mass is 16.5. The van der Waals surface area contributed by atoms with E-state index in [0.29, 0.717) is 5.56 Å². The average Bonchev–Trinajstić information content (AvgIpc) is 0.754. The first-order valence-electron chi connectivity index (χ1n) is 43.9. The molecule has 3 heterocycles. The number of fused-ring (bicyclic) bond motifs is 8. The van der Waals surface area contributed by atoms with E-state index in [1.165, 1.54) is 98.5 Å². The summed E-state index contributed by atoms with van der Waals surface area (Å²) in [5.74, 6) is 5.30. The number of benzene rings is 22. The molecule has 7 nitrogen and oxygen atoms in total. The first kappa shape index (κ1) is 77.2. The van der Waals surface area contributed by atoms with Crippen LogP contribution in [0.4, 0.5) is 51.2 Å². The Morgan fingerprint density at radius 2 is 0.423 bits per heavy atom. The second-order valence-corrected chi connectivity index (χ2v) is 32.9. The number of hydrogen-bond donors (Lipinski definition) is 0. The van der Waals surface area contributed by atoms with E-state index < -0.39 is 0 Å². The molecule has 0 unspecified atom stereocenters. The van der Waals surface area contributed by atoms with Gasteiger partial charge in [-0.2, -0.15) is 5.26 Å².